The van der Waals surface area contributed by atoms with E-state index in [0.29, 0.717) is 11.4 Å². The number of benzene rings is 2. The van der Waals surface area contributed by atoms with E-state index in [2.05, 4.69) is 5.32 Å². The molecule has 0 saturated carbocycles. The van der Waals surface area contributed by atoms with Gasteiger partial charge in [-0.3, -0.25) is 9.59 Å². The van der Waals surface area contributed by atoms with Crippen molar-refractivity contribution in [3.8, 4) is 5.75 Å². The number of nitrogens with one attached hydrogen (secondary N) is 1. The Morgan fingerprint density at radius 2 is 1.88 bits per heavy atom. The molecule has 5 nitrogen and oxygen atoms in total. The molecule has 0 fully saturated rings. The molecule has 2 aromatic carbocycles. The first-order valence-electron chi connectivity index (χ1n) is 7.87. The monoisotopic (exact) mass is 324 g/mol. The van der Waals surface area contributed by atoms with Gasteiger partial charge in [0.25, 0.3) is 5.91 Å². The molecular weight excluding hydrogens is 304 g/mol. The molecule has 2 amide bonds. The molecule has 0 aliphatic carbocycles. The number of hydrogen-bond donors (Lipinski definition) is 1. The molecule has 5 heteroatoms. The highest BCUT2D eigenvalue weighted by atomic mass is 16.5. The standard InChI is InChI=1S/C19H20N2O3/c1-12-8-9-15(10-13(12)2)20-19(23)18-11-21(14(3)22)16-6-4-5-7-17(16)24-18/h4-10,18H,11H2,1-3H3,(H,20,23)/t18-/m1/s1. The van der Waals surface area contributed by atoms with E-state index >= 15 is 0 Å². The molecular formula is C19H20N2O3. The number of para-hydroxylation sites is 2. The second-order valence-electron chi connectivity index (χ2n) is 5.99. The van der Waals surface area contributed by atoms with E-state index in [0.717, 1.165) is 11.3 Å². The van der Waals surface area contributed by atoms with Crippen LogP contribution in [0.2, 0.25) is 0 Å². The second-order valence-corrected chi connectivity index (χ2v) is 5.99. The van der Waals surface area contributed by atoms with Gasteiger partial charge in [0.15, 0.2) is 6.10 Å². The van der Waals surface area contributed by atoms with Gasteiger partial charge in [0, 0.05) is 12.6 Å². The van der Waals surface area contributed by atoms with Crippen LogP contribution in [-0.2, 0) is 9.59 Å². The zero-order valence-electron chi connectivity index (χ0n) is 14.0. The number of ether oxygens (including phenoxy) is 1. The maximum absolute atomic E-state index is 12.6. The highest BCUT2D eigenvalue weighted by Gasteiger charge is 2.32. The van der Waals surface area contributed by atoms with Crippen molar-refractivity contribution < 1.29 is 14.3 Å². The summed E-state index contributed by atoms with van der Waals surface area (Å²) < 4.78 is 5.79. The van der Waals surface area contributed by atoms with Crippen molar-refractivity contribution in [3.05, 3.63) is 53.6 Å². The van der Waals surface area contributed by atoms with Gasteiger partial charge in [-0.2, -0.15) is 0 Å². The first-order valence-corrected chi connectivity index (χ1v) is 7.87. The molecule has 0 bridgehead atoms. The van der Waals surface area contributed by atoms with E-state index in [4.69, 9.17) is 4.74 Å². The lowest BCUT2D eigenvalue weighted by Gasteiger charge is -2.33. The van der Waals surface area contributed by atoms with Crippen LogP contribution in [0.1, 0.15) is 18.1 Å². The average molecular weight is 324 g/mol. The van der Waals surface area contributed by atoms with Crippen LogP contribution in [0.4, 0.5) is 11.4 Å². The number of carbonyl (C=O) groups excluding carboxylic acids is 2. The predicted octanol–water partition coefficient (Wildman–Crippen LogP) is 3.06. The van der Waals surface area contributed by atoms with Gasteiger partial charge in [0.2, 0.25) is 5.91 Å². The lowest BCUT2D eigenvalue weighted by Crippen LogP contribution is -2.48. The molecule has 1 heterocycles. The molecule has 0 saturated heterocycles. The number of anilines is 2. The summed E-state index contributed by atoms with van der Waals surface area (Å²) in [6.07, 6.45) is -0.745. The van der Waals surface area contributed by atoms with Crippen LogP contribution in [0, 0.1) is 13.8 Å². The third-order valence-corrected chi connectivity index (χ3v) is 4.22. The summed E-state index contributed by atoms with van der Waals surface area (Å²) in [5.41, 5.74) is 3.69. The number of aryl methyl sites for hydroxylation is 2. The molecule has 1 N–H and O–H groups in total. The number of carbonyl (C=O) groups is 2. The summed E-state index contributed by atoms with van der Waals surface area (Å²) in [4.78, 5) is 26.0. The number of rotatable bonds is 2. The van der Waals surface area contributed by atoms with Crippen molar-refractivity contribution in [2.45, 2.75) is 26.9 Å². The maximum Gasteiger partial charge on any atom is 0.267 e. The van der Waals surface area contributed by atoms with Gasteiger partial charge in [-0.1, -0.05) is 18.2 Å². The Hall–Kier alpha value is -2.82. The first-order chi connectivity index (χ1) is 11.5. The highest BCUT2D eigenvalue weighted by molar-refractivity contribution is 5.99. The summed E-state index contributed by atoms with van der Waals surface area (Å²) in [6, 6.07) is 13.0. The van der Waals surface area contributed by atoms with Crippen molar-refractivity contribution in [1.82, 2.24) is 0 Å². The van der Waals surface area contributed by atoms with Gasteiger partial charge >= 0.3 is 0 Å². The van der Waals surface area contributed by atoms with Gasteiger partial charge in [0.05, 0.1) is 12.2 Å². The zero-order valence-corrected chi connectivity index (χ0v) is 14.0. The number of fused-ring (bicyclic) bond motifs is 1. The quantitative estimate of drug-likeness (QED) is 0.923. The fraction of sp³-hybridized carbons (Fsp3) is 0.263. The van der Waals surface area contributed by atoms with Gasteiger partial charge in [0.1, 0.15) is 5.75 Å². The van der Waals surface area contributed by atoms with E-state index in [1.165, 1.54) is 12.5 Å². The average Bonchev–Trinajstić information content (AvgIpc) is 2.57. The summed E-state index contributed by atoms with van der Waals surface area (Å²) in [7, 11) is 0. The van der Waals surface area contributed by atoms with Gasteiger partial charge in [-0.25, -0.2) is 0 Å². The lowest BCUT2D eigenvalue weighted by molar-refractivity contribution is -0.123. The van der Waals surface area contributed by atoms with Gasteiger partial charge in [-0.15, -0.1) is 0 Å². The van der Waals surface area contributed by atoms with Crippen molar-refractivity contribution in [3.63, 3.8) is 0 Å². The molecule has 0 aromatic heterocycles. The second kappa shape index (κ2) is 6.35. The molecule has 0 spiro atoms. The molecule has 0 unspecified atom stereocenters. The molecule has 1 aliphatic rings. The normalized spacial score (nSPS) is 16.1. The first kappa shape index (κ1) is 16.1. The Labute approximate surface area is 141 Å². The summed E-state index contributed by atoms with van der Waals surface area (Å²) in [5.74, 6) is 0.160. The van der Waals surface area contributed by atoms with Crippen molar-refractivity contribution in [2.24, 2.45) is 0 Å². The SMILES string of the molecule is CC(=O)N1C[C@H](C(=O)Nc2ccc(C)c(C)c2)Oc2ccccc21. The van der Waals surface area contributed by atoms with Crippen molar-refractivity contribution in [2.75, 3.05) is 16.8 Å². The fourth-order valence-electron chi connectivity index (χ4n) is 2.71. The van der Waals surface area contributed by atoms with Gasteiger partial charge < -0.3 is 15.0 Å². The van der Waals surface area contributed by atoms with Crippen molar-refractivity contribution >= 4 is 23.2 Å². The van der Waals surface area contributed by atoms with E-state index in [1.54, 1.807) is 11.0 Å². The zero-order chi connectivity index (χ0) is 17.3. The van der Waals surface area contributed by atoms with E-state index in [1.807, 2.05) is 50.2 Å². The van der Waals surface area contributed by atoms with Gasteiger partial charge in [-0.05, 0) is 49.2 Å². The van der Waals surface area contributed by atoms with Crippen LogP contribution < -0.4 is 15.0 Å². The minimum atomic E-state index is -0.745. The summed E-state index contributed by atoms with van der Waals surface area (Å²) in [6.45, 7) is 5.70. The largest absolute Gasteiger partial charge is 0.476 e. The molecule has 3 rings (SSSR count). The topological polar surface area (TPSA) is 58.6 Å². The maximum atomic E-state index is 12.6. The fourth-order valence-corrected chi connectivity index (χ4v) is 2.71. The highest BCUT2D eigenvalue weighted by Crippen LogP contribution is 2.33. The molecule has 124 valence electrons. The number of nitrogens with zero attached hydrogens (tertiary/aromatic N) is 1. The third-order valence-electron chi connectivity index (χ3n) is 4.22. The van der Waals surface area contributed by atoms with Crippen LogP contribution in [0.25, 0.3) is 0 Å². The van der Waals surface area contributed by atoms with Crippen LogP contribution in [-0.4, -0.2) is 24.5 Å². The van der Waals surface area contributed by atoms with E-state index in [9.17, 15) is 9.59 Å². The van der Waals surface area contributed by atoms with Crippen molar-refractivity contribution in [1.29, 1.82) is 0 Å². The summed E-state index contributed by atoms with van der Waals surface area (Å²) >= 11 is 0. The molecule has 0 radical (unpaired) electrons. The van der Waals surface area contributed by atoms with Crippen LogP contribution in [0.3, 0.4) is 0 Å². The lowest BCUT2D eigenvalue weighted by atomic mass is 10.1. The minimum absolute atomic E-state index is 0.116. The predicted molar refractivity (Wildman–Crippen MR) is 93.4 cm³/mol. The Kier molecular flexibility index (Phi) is 4.25. The molecule has 1 atom stereocenters. The Balaban J connectivity index is 1.81. The van der Waals surface area contributed by atoms with Crippen LogP contribution >= 0.6 is 0 Å². The molecule has 1 aliphatic heterocycles. The van der Waals surface area contributed by atoms with E-state index < -0.39 is 6.10 Å². The number of hydrogen-bond acceptors (Lipinski definition) is 3. The Morgan fingerprint density at radius 1 is 1.12 bits per heavy atom. The Bertz CT molecular complexity index is 801. The minimum Gasteiger partial charge on any atom is -0.476 e. The molecule has 2 aromatic rings. The van der Waals surface area contributed by atoms with Crippen LogP contribution in [0.5, 0.6) is 5.75 Å². The van der Waals surface area contributed by atoms with Crippen LogP contribution in [0.15, 0.2) is 42.5 Å². The third kappa shape index (κ3) is 3.11. The smallest absolute Gasteiger partial charge is 0.267 e. The molecule has 24 heavy (non-hydrogen) atoms. The summed E-state index contributed by atoms with van der Waals surface area (Å²) in [5, 5.41) is 2.87. The number of amides is 2. The Morgan fingerprint density at radius 3 is 2.58 bits per heavy atom. The van der Waals surface area contributed by atoms with E-state index in [-0.39, 0.29) is 18.4 Å².